The highest BCUT2D eigenvalue weighted by molar-refractivity contribution is 6.41. The van der Waals surface area contributed by atoms with Gasteiger partial charge >= 0.3 is 0 Å². The van der Waals surface area contributed by atoms with Crippen LogP contribution in [0.4, 0.5) is 5.69 Å². The van der Waals surface area contributed by atoms with Gasteiger partial charge in [-0.25, -0.2) is 4.68 Å². The van der Waals surface area contributed by atoms with Crippen molar-refractivity contribution in [1.29, 1.82) is 0 Å². The van der Waals surface area contributed by atoms with Crippen LogP contribution in [-0.4, -0.2) is 16.0 Å². The Balaban J connectivity index is 1.87. The Kier molecular flexibility index (Phi) is 5.54. The zero-order valence-electron chi connectivity index (χ0n) is 13.0. The fourth-order valence-corrected chi connectivity index (χ4v) is 3.43. The summed E-state index contributed by atoms with van der Waals surface area (Å²) in [4.78, 5) is 0. The molecule has 128 valence electrons. The van der Waals surface area contributed by atoms with Gasteiger partial charge < -0.3 is 0 Å². The molecule has 0 atom stereocenters. The van der Waals surface area contributed by atoms with E-state index in [1.807, 2.05) is 37.3 Å². The molecular weight excluding hydrogens is 402 g/mol. The van der Waals surface area contributed by atoms with Gasteiger partial charge in [-0.2, -0.15) is 10.2 Å². The van der Waals surface area contributed by atoms with Crippen molar-refractivity contribution in [3.05, 3.63) is 73.9 Å². The van der Waals surface area contributed by atoms with Crippen molar-refractivity contribution in [3.63, 3.8) is 0 Å². The summed E-state index contributed by atoms with van der Waals surface area (Å²) in [5.41, 5.74) is 5.58. The second-order valence-electron chi connectivity index (χ2n) is 5.15. The van der Waals surface area contributed by atoms with E-state index < -0.39 is 0 Å². The molecular formula is C17H12Cl4N4. The van der Waals surface area contributed by atoms with Crippen molar-refractivity contribution < 1.29 is 0 Å². The molecule has 0 saturated carbocycles. The molecule has 0 spiro atoms. The number of hydrazone groups is 1. The summed E-state index contributed by atoms with van der Waals surface area (Å²) in [7, 11) is 0. The summed E-state index contributed by atoms with van der Waals surface area (Å²) in [5.74, 6) is 0. The number of nitrogens with zero attached hydrogens (tertiary/aromatic N) is 3. The maximum atomic E-state index is 6.44. The molecule has 0 radical (unpaired) electrons. The molecule has 4 nitrogen and oxygen atoms in total. The highest BCUT2D eigenvalue weighted by atomic mass is 35.5. The molecule has 0 aliphatic rings. The summed E-state index contributed by atoms with van der Waals surface area (Å²) in [6, 6.07) is 12.8. The maximum Gasteiger partial charge on any atom is 0.142 e. The average Bonchev–Trinajstić information content (AvgIpc) is 2.85. The van der Waals surface area contributed by atoms with E-state index in [0.717, 1.165) is 11.4 Å². The van der Waals surface area contributed by atoms with E-state index in [2.05, 4.69) is 15.6 Å². The third kappa shape index (κ3) is 3.93. The summed E-state index contributed by atoms with van der Waals surface area (Å²) < 4.78 is 1.65. The van der Waals surface area contributed by atoms with Gasteiger partial charge in [0.05, 0.1) is 38.9 Å². The third-order valence-corrected chi connectivity index (χ3v) is 4.60. The first kappa shape index (κ1) is 18.1. The molecule has 1 N–H and O–H groups in total. The number of aryl methyl sites for hydroxylation is 1. The second kappa shape index (κ2) is 7.67. The van der Waals surface area contributed by atoms with Crippen LogP contribution >= 0.6 is 46.4 Å². The maximum absolute atomic E-state index is 6.44. The van der Waals surface area contributed by atoms with Crippen LogP contribution in [0.1, 0.15) is 11.3 Å². The number of hydrogen-bond donors (Lipinski definition) is 1. The van der Waals surface area contributed by atoms with Gasteiger partial charge in [-0.15, -0.1) is 0 Å². The zero-order chi connectivity index (χ0) is 18.0. The van der Waals surface area contributed by atoms with Gasteiger partial charge in [-0.1, -0.05) is 64.6 Å². The predicted octanol–water partition coefficient (Wildman–Crippen LogP) is 6.24. The molecule has 0 saturated heterocycles. The lowest BCUT2D eigenvalue weighted by Crippen LogP contribution is -1.96. The summed E-state index contributed by atoms with van der Waals surface area (Å²) in [6.07, 6.45) is 1.57. The number of halogens is 4. The summed E-state index contributed by atoms with van der Waals surface area (Å²) in [5, 5.41) is 10.3. The van der Waals surface area contributed by atoms with Crippen molar-refractivity contribution in [3.8, 4) is 5.69 Å². The monoisotopic (exact) mass is 412 g/mol. The van der Waals surface area contributed by atoms with E-state index in [0.29, 0.717) is 31.5 Å². The molecule has 1 aromatic heterocycles. The van der Waals surface area contributed by atoms with Crippen molar-refractivity contribution >= 4 is 58.3 Å². The molecule has 3 rings (SSSR count). The lowest BCUT2D eigenvalue weighted by Gasteiger charge is -2.06. The third-order valence-electron chi connectivity index (χ3n) is 3.43. The van der Waals surface area contributed by atoms with Gasteiger partial charge in [0, 0.05) is 5.02 Å². The van der Waals surface area contributed by atoms with E-state index in [4.69, 9.17) is 46.4 Å². The molecule has 8 heteroatoms. The number of rotatable bonds is 4. The number of benzene rings is 2. The molecule has 0 unspecified atom stereocenters. The highest BCUT2D eigenvalue weighted by Crippen LogP contribution is 2.33. The van der Waals surface area contributed by atoms with E-state index in [1.165, 1.54) is 0 Å². The van der Waals surface area contributed by atoms with Crippen LogP contribution < -0.4 is 5.43 Å². The topological polar surface area (TPSA) is 42.2 Å². The number of hydrogen-bond acceptors (Lipinski definition) is 3. The summed E-state index contributed by atoms with van der Waals surface area (Å²) >= 11 is 24.6. The van der Waals surface area contributed by atoms with Gasteiger partial charge in [0.2, 0.25) is 0 Å². The fourth-order valence-electron chi connectivity index (χ4n) is 2.21. The minimum Gasteiger partial charge on any atom is -0.275 e. The molecule has 2 aromatic carbocycles. The molecule has 0 fully saturated rings. The van der Waals surface area contributed by atoms with Crippen molar-refractivity contribution in [2.24, 2.45) is 5.10 Å². The van der Waals surface area contributed by atoms with E-state index in [1.54, 1.807) is 23.0 Å². The van der Waals surface area contributed by atoms with Crippen LogP contribution in [0.3, 0.4) is 0 Å². The first-order chi connectivity index (χ1) is 12.0. The predicted molar refractivity (Wildman–Crippen MR) is 106 cm³/mol. The minimum absolute atomic E-state index is 0.373. The van der Waals surface area contributed by atoms with Crippen LogP contribution in [0, 0.1) is 6.92 Å². The molecule has 1 heterocycles. The lowest BCUT2D eigenvalue weighted by atomic mass is 10.3. The number of aromatic nitrogens is 2. The quantitative estimate of drug-likeness (QED) is 0.406. The first-order valence-corrected chi connectivity index (χ1v) is 8.72. The van der Waals surface area contributed by atoms with Gasteiger partial charge in [0.1, 0.15) is 5.15 Å². The van der Waals surface area contributed by atoms with E-state index in [9.17, 15) is 0 Å². The lowest BCUT2D eigenvalue weighted by molar-refractivity contribution is 0.863. The fraction of sp³-hybridized carbons (Fsp3) is 0.0588. The molecule has 0 bridgehead atoms. The Morgan fingerprint density at radius 2 is 1.68 bits per heavy atom. The number of anilines is 1. The molecule has 3 aromatic rings. The Bertz CT molecular complexity index is 912. The minimum atomic E-state index is 0.373. The Hall–Kier alpha value is -1.72. The van der Waals surface area contributed by atoms with Crippen LogP contribution in [0.2, 0.25) is 20.2 Å². The van der Waals surface area contributed by atoms with Gasteiger partial charge in [0.25, 0.3) is 0 Å². The standard InChI is InChI=1S/C17H12Cl4N4/c1-10-13(17(21)25(24-10)12-5-3-2-4-6-12)9-22-23-16-14(19)7-11(18)8-15(16)20/h2-9,23H,1H3. The Labute approximate surface area is 165 Å². The second-order valence-corrected chi connectivity index (χ2v) is 6.76. The smallest absolute Gasteiger partial charge is 0.142 e. The van der Waals surface area contributed by atoms with Crippen molar-refractivity contribution in [1.82, 2.24) is 9.78 Å². The molecule has 0 aliphatic carbocycles. The van der Waals surface area contributed by atoms with Crippen molar-refractivity contribution in [2.45, 2.75) is 6.92 Å². The molecule has 0 aliphatic heterocycles. The average molecular weight is 414 g/mol. The van der Waals surface area contributed by atoms with Crippen LogP contribution in [0.15, 0.2) is 47.6 Å². The van der Waals surface area contributed by atoms with Gasteiger partial charge in [-0.3, -0.25) is 5.43 Å². The van der Waals surface area contributed by atoms with Gasteiger partial charge in [0.15, 0.2) is 0 Å². The number of nitrogens with one attached hydrogen (secondary N) is 1. The van der Waals surface area contributed by atoms with Crippen LogP contribution in [-0.2, 0) is 0 Å². The SMILES string of the molecule is Cc1nn(-c2ccccc2)c(Cl)c1C=NNc1c(Cl)cc(Cl)cc1Cl. The molecule has 25 heavy (non-hydrogen) atoms. The summed E-state index contributed by atoms with van der Waals surface area (Å²) in [6.45, 7) is 1.86. The normalized spacial score (nSPS) is 11.2. The first-order valence-electron chi connectivity index (χ1n) is 7.21. The largest absolute Gasteiger partial charge is 0.275 e. The Morgan fingerprint density at radius 3 is 2.32 bits per heavy atom. The van der Waals surface area contributed by atoms with Crippen LogP contribution in [0.25, 0.3) is 5.69 Å². The molecule has 0 amide bonds. The van der Waals surface area contributed by atoms with Crippen LogP contribution in [0.5, 0.6) is 0 Å². The van der Waals surface area contributed by atoms with Crippen molar-refractivity contribution in [2.75, 3.05) is 5.43 Å². The highest BCUT2D eigenvalue weighted by Gasteiger charge is 2.13. The number of para-hydroxylation sites is 1. The van der Waals surface area contributed by atoms with Gasteiger partial charge in [-0.05, 0) is 31.2 Å². The Morgan fingerprint density at radius 1 is 1.04 bits per heavy atom. The van der Waals surface area contributed by atoms with E-state index in [-0.39, 0.29) is 0 Å². The zero-order valence-corrected chi connectivity index (χ0v) is 16.0. The van der Waals surface area contributed by atoms with E-state index >= 15 is 0 Å².